The number of rotatable bonds is 4. The maximum Gasteiger partial charge on any atom is 0.268 e. The highest BCUT2D eigenvalue weighted by Gasteiger charge is 2.39. The first-order valence-corrected chi connectivity index (χ1v) is 12.8. The van der Waals surface area contributed by atoms with Crippen molar-refractivity contribution in [3.63, 3.8) is 0 Å². The number of thiophene rings is 1. The fourth-order valence-corrected chi connectivity index (χ4v) is 6.21. The van der Waals surface area contributed by atoms with E-state index >= 15 is 0 Å². The molecule has 0 radical (unpaired) electrons. The summed E-state index contributed by atoms with van der Waals surface area (Å²) < 4.78 is 0.665. The second kappa shape index (κ2) is 8.69. The number of hydrogen-bond acceptors (Lipinski definition) is 7. The van der Waals surface area contributed by atoms with E-state index < -0.39 is 6.04 Å². The standard InChI is InChI=1S/C25H25N5O4S/c31-21-4-3-19(23(32)28-21)30-12-16-11-15(1-2-17(16)25(30)34)14-5-8-29(9-6-14)13-20-26-18-7-10-35-22(18)24(33)27-20/h1-2,7,10-11,14,19H,3-6,8-9,12-13H2,(H,26,27,33)(H,28,31,32). The molecule has 180 valence electrons. The second-order valence-electron chi connectivity index (χ2n) is 9.51. The lowest BCUT2D eigenvalue weighted by Gasteiger charge is -2.32. The van der Waals surface area contributed by atoms with E-state index in [2.05, 4.69) is 26.3 Å². The third-order valence-corrected chi connectivity index (χ3v) is 8.25. The molecule has 3 amide bonds. The number of nitrogens with zero attached hydrogens (tertiary/aromatic N) is 3. The largest absolute Gasteiger partial charge is 0.322 e. The van der Waals surface area contributed by atoms with Gasteiger partial charge in [-0.05, 0) is 66.9 Å². The van der Waals surface area contributed by atoms with Crippen molar-refractivity contribution in [1.82, 2.24) is 25.1 Å². The quantitative estimate of drug-likeness (QED) is 0.541. The zero-order valence-corrected chi connectivity index (χ0v) is 19.9. The molecule has 6 rings (SSSR count). The van der Waals surface area contributed by atoms with E-state index in [9.17, 15) is 19.2 Å². The Balaban J connectivity index is 1.11. The molecule has 1 unspecified atom stereocenters. The van der Waals surface area contributed by atoms with E-state index in [1.165, 1.54) is 16.9 Å². The fourth-order valence-electron chi connectivity index (χ4n) is 5.48. The van der Waals surface area contributed by atoms with Gasteiger partial charge < -0.3 is 9.88 Å². The first kappa shape index (κ1) is 22.1. The van der Waals surface area contributed by atoms with Gasteiger partial charge in [0.1, 0.15) is 16.6 Å². The average Bonchev–Trinajstić information content (AvgIpc) is 3.44. The summed E-state index contributed by atoms with van der Waals surface area (Å²) in [7, 11) is 0. The molecule has 2 fully saturated rings. The van der Waals surface area contributed by atoms with Crippen LogP contribution in [0.15, 0.2) is 34.4 Å². The first-order valence-electron chi connectivity index (χ1n) is 11.9. The van der Waals surface area contributed by atoms with Crippen LogP contribution in [0.4, 0.5) is 0 Å². The molecule has 3 aliphatic rings. The van der Waals surface area contributed by atoms with Gasteiger partial charge >= 0.3 is 0 Å². The van der Waals surface area contributed by atoms with Crippen LogP contribution in [-0.2, 0) is 22.7 Å². The smallest absolute Gasteiger partial charge is 0.268 e. The van der Waals surface area contributed by atoms with Crippen molar-refractivity contribution >= 4 is 39.3 Å². The van der Waals surface area contributed by atoms with Crippen molar-refractivity contribution in [3.05, 3.63) is 62.5 Å². The van der Waals surface area contributed by atoms with Gasteiger partial charge in [0, 0.05) is 18.5 Å². The van der Waals surface area contributed by atoms with Crippen LogP contribution < -0.4 is 10.9 Å². The number of nitrogens with one attached hydrogen (secondary N) is 2. The molecule has 0 saturated carbocycles. The van der Waals surface area contributed by atoms with Gasteiger partial charge in [0.25, 0.3) is 11.5 Å². The molecule has 9 nitrogen and oxygen atoms in total. The Labute approximate surface area is 205 Å². The van der Waals surface area contributed by atoms with E-state index in [-0.39, 0.29) is 29.7 Å². The van der Waals surface area contributed by atoms with Crippen LogP contribution in [0.2, 0.25) is 0 Å². The van der Waals surface area contributed by atoms with E-state index in [0.29, 0.717) is 41.5 Å². The lowest BCUT2D eigenvalue weighted by molar-refractivity contribution is -0.136. The van der Waals surface area contributed by atoms with Crippen LogP contribution in [0, 0.1) is 0 Å². The lowest BCUT2D eigenvalue weighted by atomic mass is 9.88. The zero-order valence-electron chi connectivity index (χ0n) is 19.1. The third-order valence-electron chi connectivity index (χ3n) is 7.34. The third kappa shape index (κ3) is 4.06. The molecule has 2 aromatic heterocycles. The molecule has 0 spiro atoms. The van der Waals surface area contributed by atoms with E-state index in [4.69, 9.17) is 0 Å². The molecule has 10 heteroatoms. The summed E-state index contributed by atoms with van der Waals surface area (Å²) in [5, 5.41) is 4.23. The lowest BCUT2D eigenvalue weighted by Crippen LogP contribution is -2.52. The Morgan fingerprint density at radius 1 is 1.06 bits per heavy atom. The van der Waals surface area contributed by atoms with Crippen molar-refractivity contribution in [3.8, 4) is 0 Å². The number of carbonyl (C=O) groups is 3. The molecule has 2 N–H and O–H groups in total. The average molecular weight is 492 g/mol. The number of carbonyl (C=O) groups excluding carboxylic acids is 3. The summed E-state index contributed by atoms with van der Waals surface area (Å²) in [5.41, 5.74) is 3.49. The summed E-state index contributed by atoms with van der Waals surface area (Å²) in [6, 6.07) is 7.32. The van der Waals surface area contributed by atoms with Crippen LogP contribution in [0.5, 0.6) is 0 Å². The summed E-state index contributed by atoms with van der Waals surface area (Å²) in [6.45, 7) is 2.81. The minimum absolute atomic E-state index is 0.0751. The topological polar surface area (TPSA) is 115 Å². The molecule has 5 heterocycles. The molecular formula is C25H25N5O4S. The van der Waals surface area contributed by atoms with Crippen LogP contribution >= 0.6 is 11.3 Å². The van der Waals surface area contributed by atoms with Crippen molar-refractivity contribution in [2.75, 3.05) is 13.1 Å². The molecule has 3 aliphatic heterocycles. The van der Waals surface area contributed by atoms with Crippen molar-refractivity contribution in [2.24, 2.45) is 0 Å². The van der Waals surface area contributed by atoms with Gasteiger partial charge in [-0.25, -0.2) is 4.98 Å². The molecular weight excluding hydrogens is 466 g/mol. The molecule has 0 aliphatic carbocycles. The Hall–Kier alpha value is -3.37. The highest BCUT2D eigenvalue weighted by molar-refractivity contribution is 7.17. The van der Waals surface area contributed by atoms with Gasteiger partial charge in [0.2, 0.25) is 11.8 Å². The minimum atomic E-state index is -0.590. The number of benzene rings is 1. The number of likely N-dealkylation sites (tertiary alicyclic amines) is 1. The van der Waals surface area contributed by atoms with E-state index in [1.54, 1.807) is 4.90 Å². The normalized spacial score (nSPS) is 21.5. The van der Waals surface area contributed by atoms with Crippen LogP contribution in [0.1, 0.15) is 58.9 Å². The number of aromatic amines is 1. The van der Waals surface area contributed by atoms with Gasteiger partial charge in [0.15, 0.2) is 0 Å². The van der Waals surface area contributed by atoms with Gasteiger partial charge in [-0.1, -0.05) is 12.1 Å². The monoisotopic (exact) mass is 491 g/mol. The summed E-state index contributed by atoms with van der Waals surface area (Å²) >= 11 is 1.41. The Bertz CT molecular complexity index is 1400. The summed E-state index contributed by atoms with van der Waals surface area (Å²) in [5.74, 6) is 0.286. The molecule has 2 saturated heterocycles. The van der Waals surface area contributed by atoms with Gasteiger partial charge in [-0.2, -0.15) is 0 Å². The molecule has 1 atom stereocenters. The molecule has 3 aromatic rings. The number of aromatic nitrogens is 2. The zero-order chi connectivity index (χ0) is 24.1. The second-order valence-corrected chi connectivity index (χ2v) is 10.4. The maximum atomic E-state index is 12.9. The van der Waals surface area contributed by atoms with Crippen LogP contribution in [0.25, 0.3) is 10.2 Å². The van der Waals surface area contributed by atoms with Crippen LogP contribution in [-0.4, -0.2) is 56.6 Å². The number of imide groups is 1. The van der Waals surface area contributed by atoms with Crippen LogP contribution in [0.3, 0.4) is 0 Å². The molecule has 0 bridgehead atoms. The predicted octanol–water partition coefficient (Wildman–Crippen LogP) is 2.13. The van der Waals surface area contributed by atoms with E-state index in [1.807, 2.05) is 23.6 Å². The predicted molar refractivity (Wildman–Crippen MR) is 130 cm³/mol. The fraction of sp³-hybridized carbons (Fsp3) is 0.400. The van der Waals surface area contributed by atoms with Gasteiger partial charge in [0.05, 0.1) is 12.1 Å². The number of fused-ring (bicyclic) bond motifs is 2. The maximum absolute atomic E-state index is 12.9. The SMILES string of the molecule is O=C1CCC(N2Cc3cc(C4CCN(Cc5nc6ccsc6c(=O)[nH]5)CC4)ccc3C2=O)C(=O)N1. The van der Waals surface area contributed by atoms with Crippen molar-refractivity contribution < 1.29 is 14.4 Å². The Morgan fingerprint density at radius 3 is 2.69 bits per heavy atom. The number of piperidine rings is 2. The van der Waals surface area contributed by atoms with Crippen molar-refractivity contribution in [2.45, 2.75) is 50.7 Å². The van der Waals surface area contributed by atoms with Gasteiger partial charge in [-0.3, -0.25) is 29.4 Å². The number of hydrogen-bond donors (Lipinski definition) is 2. The number of H-pyrrole nitrogens is 1. The highest BCUT2D eigenvalue weighted by atomic mass is 32.1. The summed E-state index contributed by atoms with van der Waals surface area (Å²) in [6.07, 6.45) is 2.59. The molecule has 35 heavy (non-hydrogen) atoms. The highest BCUT2D eigenvalue weighted by Crippen LogP contribution is 2.33. The minimum Gasteiger partial charge on any atom is -0.322 e. The van der Waals surface area contributed by atoms with E-state index in [0.717, 1.165) is 37.0 Å². The Morgan fingerprint density at radius 2 is 1.89 bits per heavy atom. The van der Waals surface area contributed by atoms with Gasteiger partial charge in [-0.15, -0.1) is 11.3 Å². The summed E-state index contributed by atoms with van der Waals surface area (Å²) in [4.78, 5) is 60.4. The Kier molecular flexibility index (Phi) is 5.49. The molecule has 1 aromatic carbocycles. The first-order chi connectivity index (χ1) is 17.0. The van der Waals surface area contributed by atoms with Crippen molar-refractivity contribution in [1.29, 1.82) is 0 Å². The number of amides is 3.